The molecule has 5 rings (SSSR count). The number of carbonyl (C=O) groups is 3. The molecule has 1 aromatic heterocycles. The van der Waals surface area contributed by atoms with Gasteiger partial charge in [-0.3, -0.25) is 14.4 Å². The van der Waals surface area contributed by atoms with Crippen LogP contribution in [-0.2, 0) is 14.3 Å². The maximum atomic E-state index is 14.6. The summed E-state index contributed by atoms with van der Waals surface area (Å²) in [5, 5.41) is 2.95. The van der Waals surface area contributed by atoms with Crippen molar-refractivity contribution >= 4 is 17.6 Å². The summed E-state index contributed by atoms with van der Waals surface area (Å²) in [4.78, 5) is 44.7. The highest BCUT2D eigenvalue weighted by molar-refractivity contribution is 5.99. The molecule has 1 aliphatic carbocycles. The zero-order valence-electron chi connectivity index (χ0n) is 19.1. The summed E-state index contributed by atoms with van der Waals surface area (Å²) in [6.07, 6.45) is 6.26. The highest BCUT2D eigenvalue weighted by Crippen LogP contribution is 2.34. The number of aromatic nitrogens is 2. The molecule has 1 saturated carbocycles. The molecule has 0 spiro atoms. The van der Waals surface area contributed by atoms with Gasteiger partial charge in [-0.2, -0.15) is 0 Å². The van der Waals surface area contributed by atoms with Gasteiger partial charge in [-0.1, -0.05) is 25.8 Å². The summed E-state index contributed by atoms with van der Waals surface area (Å²) in [5.41, 5.74) is 1.19. The molecule has 34 heavy (non-hydrogen) atoms. The lowest BCUT2D eigenvalue weighted by atomic mass is 9.78. The van der Waals surface area contributed by atoms with E-state index in [1.54, 1.807) is 41.5 Å². The van der Waals surface area contributed by atoms with Gasteiger partial charge in [0.1, 0.15) is 31.0 Å². The van der Waals surface area contributed by atoms with Gasteiger partial charge in [0.2, 0.25) is 5.91 Å². The van der Waals surface area contributed by atoms with Crippen molar-refractivity contribution < 1.29 is 23.5 Å². The van der Waals surface area contributed by atoms with Crippen molar-refractivity contribution in [3.8, 4) is 5.69 Å². The lowest BCUT2D eigenvalue weighted by Crippen LogP contribution is -2.55. The molecule has 2 saturated heterocycles. The van der Waals surface area contributed by atoms with E-state index in [2.05, 4.69) is 17.2 Å². The quantitative estimate of drug-likeness (QED) is 0.727. The number of amides is 2. The second-order valence-corrected chi connectivity index (χ2v) is 9.68. The largest absolute Gasteiger partial charge is 0.365 e. The molecule has 3 aliphatic rings. The number of hydrogen-bond donors (Lipinski definition) is 1. The van der Waals surface area contributed by atoms with Crippen LogP contribution in [0.25, 0.3) is 5.69 Å². The summed E-state index contributed by atoms with van der Waals surface area (Å²) in [5.74, 6) is -0.563. The predicted octanol–water partition coefficient (Wildman–Crippen LogP) is 2.31. The Morgan fingerprint density at radius 1 is 1.24 bits per heavy atom. The zero-order chi connectivity index (χ0) is 23.8. The number of Topliss-reactive ketones (excluding diaryl/α,β-unsaturated/α-hetero) is 1. The zero-order valence-corrected chi connectivity index (χ0v) is 19.1. The Morgan fingerprint density at radius 3 is 2.76 bits per heavy atom. The second-order valence-electron chi connectivity index (χ2n) is 9.68. The fraction of sp³-hybridized carbons (Fsp3) is 0.520. The lowest BCUT2D eigenvalue weighted by molar-refractivity contribution is -0.139. The number of benzene rings is 1. The van der Waals surface area contributed by atoms with E-state index in [1.807, 2.05) is 6.07 Å². The monoisotopic (exact) mass is 468 g/mol. The molecule has 1 aromatic carbocycles. The Labute approximate surface area is 197 Å². The predicted molar refractivity (Wildman–Crippen MR) is 121 cm³/mol. The molecule has 180 valence electrons. The molecule has 1 N–H and O–H groups in total. The van der Waals surface area contributed by atoms with Crippen LogP contribution < -0.4 is 5.32 Å². The molecule has 2 aliphatic heterocycles. The minimum atomic E-state index is -1.41. The summed E-state index contributed by atoms with van der Waals surface area (Å²) >= 11 is 0. The molecule has 2 amide bonds. The first-order chi connectivity index (χ1) is 16.4. The van der Waals surface area contributed by atoms with Crippen molar-refractivity contribution in [1.29, 1.82) is 0 Å². The Hall–Kier alpha value is -3.07. The number of likely N-dealkylation sites (tertiary alicyclic amines) is 1. The number of ketones is 1. The summed E-state index contributed by atoms with van der Waals surface area (Å²) in [6.45, 7) is 1.81. The molecule has 8 nitrogen and oxygen atoms in total. The van der Waals surface area contributed by atoms with Gasteiger partial charge in [0, 0.05) is 23.6 Å². The van der Waals surface area contributed by atoms with E-state index in [4.69, 9.17) is 4.74 Å². The van der Waals surface area contributed by atoms with Crippen LogP contribution in [-0.4, -0.2) is 69.6 Å². The fourth-order valence-electron chi connectivity index (χ4n) is 5.45. The summed E-state index contributed by atoms with van der Waals surface area (Å²) in [7, 11) is 0. The van der Waals surface area contributed by atoms with E-state index in [0.29, 0.717) is 11.5 Å². The van der Waals surface area contributed by atoms with Crippen LogP contribution in [0.2, 0.25) is 0 Å². The number of hydrogen-bond acceptors (Lipinski definition) is 5. The number of alkyl halides is 1. The normalized spacial score (nSPS) is 29.6. The maximum absolute atomic E-state index is 14.6. The first-order valence-electron chi connectivity index (χ1n) is 11.9. The van der Waals surface area contributed by atoms with E-state index in [1.165, 1.54) is 4.90 Å². The average molecular weight is 469 g/mol. The molecule has 0 radical (unpaired) electrons. The number of nitrogens with one attached hydrogen (secondary N) is 1. The van der Waals surface area contributed by atoms with E-state index in [-0.39, 0.29) is 30.8 Å². The van der Waals surface area contributed by atoms with Crippen LogP contribution in [0.15, 0.2) is 43.0 Å². The third-order valence-electron chi connectivity index (χ3n) is 7.40. The van der Waals surface area contributed by atoms with Crippen LogP contribution in [0, 0.1) is 11.8 Å². The summed E-state index contributed by atoms with van der Waals surface area (Å²) in [6, 6.07) is 5.33. The van der Waals surface area contributed by atoms with Gasteiger partial charge in [-0.25, -0.2) is 9.37 Å². The fourth-order valence-corrected chi connectivity index (χ4v) is 5.45. The van der Waals surface area contributed by atoms with Gasteiger partial charge >= 0.3 is 0 Å². The summed E-state index contributed by atoms with van der Waals surface area (Å²) < 4.78 is 21.7. The Balaban J connectivity index is 1.39. The third kappa shape index (κ3) is 4.24. The number of carbonyl (C=O) groups excluding carboxylic acids is 3. The van der Waals surface area contributed by atoms with E-state index in [9.17, 15) is 18.8 Å². The van der Waals surface area contributed by atoms with Crippen molar-refractivity contribution in [2.45, 2.75) is 57.0 Å². The van der Waals surface area contributed by atoms with Crippen molar-refractivity contribution in [3.63, 3.8) is 0 Å². The molecular formula is C25H29FN4O4. The Bertz CT molecular complexity index is 1070. The molecule has 1 unspecified atom stereocenters. The molecular weight excluding hydrogens is 439 g/mol. The van der Waals surface area contributed by atoms with Crippen LogP contribution in [0.5, 0.6) is 0 Å². The molecule has 0 bridgehead atoms. The van der Waals surface area contributed by atoms with Gasteiger partial charge in [0.25, 0.3) is 5.91 Å². The Kier molecular flexibility index (Phi) is 6.20. The standard InChI is InChI=1S/C25H29FN4O4/c1-15-5-7-16(8-6-15)21(25(33)30-12-19(26)23-22(30)20(31)13-34-23)28-24(32)17-3-2-4-18(11-17)29-10-9-27-14-29/h2-4,9-11,14-16,19,21-23H,5-8,12-13H2,1H3,(H,28,32)/t15?,16?,19-,21?,22-,23-/m1/s1. The van der Waals surface area contributed by atoms with Gasteiger partial charge in [0.05, 0.1) is 12.9 Å². The average Bonchev–Trinajstić information content (AvgIpc) is 3.58. The lowest BCUT2D eigenvalue weighted by Gasteiger charge is -2.35. The van der Waals surface area contributed by atoms with Crippen molar-refractivity contribution in [3.05, 3.63) is 48.5 Å². The number of fused-ring (bicyclic) bond motifs is 1. The molecule has 9 heteroatoms. The third-order valence-corrected chi connectivity index (χ3v) is 7.40. The van der Waals surface area contributed by atoms with Gasteiger partial charge in [0.15, 0.2) is 5.78 Å². The minimum absolute atomic E-state index is 0.0704. The number of nitrogens with zero attached hydrogens (tertiary/aromatic N) is 3. The first-order valence-corrected chi connectivity index (χ1v) is 11.9. The number of halogens is 1. The topological polar surface area (TPSA) is 93.5 Å². The van der Waals surface area contributed by atoms with E-state index < -0.39 is 30.3 Å². The van der Waals surface area contributed by atoms with Crippen LogP contribution in [0.3, 0.4) is 0 Å². The first kappa shape index (κ1) is 22.7. The van der Waals surface area contributed by atoms with Gasteiger partial charge in [-0.15, -0.1) is 0 Å². The Morgan fingerprint density at radius 2 is 2.03 bits per heavy atom. The highest BCUT2D eigenvalue weighted by atomic mass is 19.1. The second kappa shape index (κ2) is 9.29. The minimum Gasteiger partial charge on any atom is -0.365 e. The van der Waals surface area contributed by atoms with Gasteiger partial charge in [-0.05, 0) is 42.9 Å². The molecule has 3 fully saturated rings. The van der Waals surface area contributed by atoms with Crippen LogP contribution in [0.4, 0.5) is 4.39 Å². The smallest absolute Gasteiger partial charge is 0.252 e. The van der Waals surface area contributed by atoms with E-state index in [0.717, 1.165) is 31.4 Å². The van der Waals surface area contributed by atoms with Crippen LogP contribution >= 0.6 is 0 Å². The highest BCUT2D eigenvalue weighted by Gasteiger charge is 2.54. The SMILES string of the molecule is CC1CCC(C(NC(=O)c2cccc(-n3ccnc3)c2)C(=O)N2C[C@@H](F)[C@H]3OCC(=O)[C@H]32)CC1. The van der Waals surface area contributed by atoms with Crippen molar-refractivity contribution in [2.24, 2.45) is 11.8 Å². The molecule has 3 heterocycles. The van der Waals surface area contributed by atoms with Crippen LogP contribution in [0.1, 0.15) is 43.0 Å². The number of ether oxygens (including phenoxy) is 1. The van der Waals surface area contributed by atoms with Crippen molar-refractivity contribution in [2.75, 3.05) is 13.2 Å². The maximum Gasteiger partial charge on any atom is 0.252 e. The number of rotatable bonds is 5. The van der Waals surface area contributed by atoms with E-state index >= 15 is 0 Å². The molecule has 4 atom stereocenters. The van der Waals surface area contributed by atoms with Gasteiger partial charge < -0.3 is 19.5 Å². The number of imidazole rings is 1. The molecule has 2 aromatic rings. The van der Waals surface area contributed by atoms with Crippen molar-refractivity contribution in [1.82, 2.24) is 19.8 Å².